The number of benzene rings is 2. The SMILES string of the molecule is Nc1ccc(Cl)cc1-c1nnnn1Cc1cccc(Cl)c1. The second-order valence-corrected chi connectivity index (χ2v) is 5.39. The summed E-state index contributed by atoms with van der Waals surface area (Å²) in [5.41, 5.74) is 8.25. The van der Waals surface area contributed by atoms with E-state index in [1.165, 1.54) is 0 Å². The molecule has 1 heterocycles. The van der Waals surface area contributed by atoms with Crippen LogP contribution in [0.1, 0.15) is 5.56 Å². The highest BCUT2D eigenvalue weighted by atomic mass is 35.5. The quantitative estimate of drug-likeness (QED) is 0.752. The fraction of sp³-hybridized carbons (Fsp3) is 0.0714. The largest absolute Gasteiger partial charge is 0.398 e. The van der Waals surface area contributed by atoms with E-state index in [0.717, 1.165) is 5.56 Å². The first-order chi connectivity index (χ1) is 10.1. The maximum atomic E-state index is 6.02. The molecule has 1 aromatic heterocycles. The topological polar surface area (TPSA) is 69.6 Å². The Kier molecular flexibility index (Phi) is 3.77. The van der Waals surface area contributed by atoms with Gasteiger partial charge in [-0.15, -0.1) is 5.10 Å². The Balaban J connectivity index is 1.99. The fourth-order valence-electron chi connectivity index (χ4n) is 2.03. The Morgan fingerprint density at radius 1 is 1.05 bits per heavy atom. The third-order valence-electron chi connectivity index (χ3n) is 3.01. The summed E-state index contributed by atoms with van der Waals surface area (Å²) in [5.74, 6) is 0.565. The van der Waals surface area contributed by atoms with Crippen molar-refractivity contribution >= 4 is 28.9 Å². The summed E-state index contributed by atoms with van der Waals surface area (Å²) in [7, 11) is 0. The summed E-state index contributed by atoms with van der Waals surface area (Å²) in [6, 6.07) is 12.7. The Hall–Kier alpha value is -2.11. The van der Waals surface area contributed by atoms with Crippen LogP contribution in [-0.2, 0) is 6.54 Å². The minimum Gasteiger partial charge on any atom is -0.398 e. The maximum Gasteiger partial charge on any atom is 0.184 e. The Morgan fingerprint density at radius 2 is 1.86 bits per heavy atom. The summed E-state index contributed by atoms with van der Waals surface area (Å²) in [5, 5.41) is 13.0. The zero-order chi connectivity index (χ0) is 14.8. The molecule has 0 fully saturated rings. The van der Waals surface area contributed by atoms with Crippen molar-refractivity contribution < 1.29 is 0 Å². The number of aromatic nitrogens is 4. The van der Waals surface area contributed by atoms with Gasteiger partial charge >= 0.3 is 0 Å². The summed E-state index contributed by atoms with van der Waals surface area (Å²) >= 11 is 12.0. The van der Waals surface area contributed by atoms with E-state index in [9.17, 15) is 0 Å². The molecule has 0 saturated heterocycles. The molecule has 2 N–H and O–H groups in total. The summed E-state index contributed by atoms with van der Waals surface area (Å²) in [6.07, 6.45) is 0. The number of rotatable bonds is 3. The first-order valence-corrected chi connectivity index (χ1v) is 6.95. The lowest BCUT2D eigenvalue weighted by atomic mass is 10.1. The molecule has 0 atom stereocenters. The number of nitrogens with zero attached hydrogens (tertiary/aromatic N) is 4. The van der Waals surface area contributed by atoms with Crippen LogP contribution in [0.25, 0.3) is 11.4 Å². The van der Waals surface area contributed by atoms with Gasteiger partial charge < -0.3 is 5.73 Å². The van der Waals surface area contributed by atoms with E-state index in [1.807, 2.05) is 24.3 Å². The maximum absolute atomic E-state index is 6.02. The summed E-state index contributed by atoms with van der Waals surface area (Å²) in [4.78, 5) is 0. The highest BCUT2D eigenvalue weighted by Gasteiger charge is 2.13. The molecule has 0 unspecified atom stereocenters. The molecule has 0 amide bonds. The average Bonchev–Trinajstić information content (AvgIpc) is 2.89. The van der Waals surface area contributed by atoms with E-state index >= 15 is 0 Å². The van der Waals surface area contributed by atoms with Crippen molar-refractivity contribution in [1.82, 2.24) is 20.2 Å². The van der Waals surface area contributed by atoms with Gasteiger partial charge in [-0.2, -0.15) is 0 Å². The molecule has 106 valence electrons. The number of halogens is 2. The number of hydrogen-bond acceptors (Lipinski definition) is 4. The first-order valence-electron chi connectivity index (χ1n) is 6.19. The Bertz CT molecular complexity index is 785. The van der Waals surface area contributed by atoms with Gasteiger partial charge in [-0.25, -0.2) is 4.68 Å². The van der Waals surface area contributed by atoms with Gasteiger partial charge in [0.15, 0.2) is 5.82 Å². The van der Waals surface area contributed by atoms with Gasteiger partial charge in [0.05, 0.1) is 6.54 Å². The molecule has 21 heavy (non-hydrogen) atoms. The van der Waals surface area contributed by atoms with Crippen LogP contribution in [0.15, 0.2) is 42.5 Å². The van der Waals surface area contributed by atoms with Crippen LogP contribution in [0.5, 0.6) is 0 Å². The third-order valence-corrected chi connectivity index (χ3v) is 3.48. The van der Waals surface area contributed by atoms with Crippen LogP contribution >= 0.6 is 23.2 Å². The Morgan fingerprint density at radius 3 is 2.67 bits per heavy atom. The number of tetrazole rings is 1. The van der Waals surface area contributed by atoms with Crippen LogP contribution in [0.2, 0.25) is 10.0 Å². The van der Waals surface area contributed by atoms with Crippen molar-refractivity contribution in [1.29, 1.82) is 0 Å². The van der Waals surface area contributed by atoms with Gasteiger partial charge in [-0.05, 0) is 46.3 Å². The molecule has 2 aromatic carbocycles. The molecule has 7 heteroatoms. The lowest BCUT2D eigenvalue weighted by Gasteiger charge is -2.08. The number of anilines is 1. The Labute approximate surface area is 131 Å². The molecule has 3 aromatic rings. The highest BCUT2D eigenvalue weighted by Crippen LogP contribution is 2.27. The van der Waals surface area contributed by atoms with Gasteiger partial charge in [0.2, 0.25) is 0 Å². The molecule has 0 aliphatic rings. The molecule has 0 bridgehead atoms. The van der Waals surface area contributed by atoms with E-state index < -0.39 is 0 Å². The van der Waals surface area contributed by atoms with Crippen molar-refractivity contribution in [3.8, 4) is 11.4 Å². The normalized spacial score (nSPS) is 10.8. The smallest absolute Gasteiger partial charge is 0.184 e. The summed E-state index contributed by atoms with van der Waals surface area (Å²) < 4.78 is 1.66. The molecule has 0 spiro atoms. The van der Waals surface area contributed by atoms with E-state index in [1.54, 1.807) is 22.9 Å². The second-order valence-electron chi connectivity index (χ2n) is 4.52. The first kappa shape index (κ1) is 13.9. The zero-order valence-corrected chi connectivity index (χ0v) is 12.4. The van der Waals surface area contributed by atoms with E-state index in [4.69, 9.17) is 28.9 Å². The standard InChI is InChI=1S/C14H11Cl2N5/c15-10-3-1-2-9(6-10)8-21-14(18-19-20-21)12-7-11(16)4-5-13(12)17/h1-7H,8,17H2. The van der Waals surface area contributed by atoms with Crippen molar-refractivity contribution in [3.05, 3.63) is 58.1 Å². The van der Waals surface area contributed by atoms with E-state index in [-0.39, 0.29) is 0 Å². The van der Waals surface area contributed by atoms with Gasteiger partial charge in [0, 0.05) is 21.3 Å². The fourth-order valence-corrected chi connectivity index (χ4v) is 2.42. The van der Waals surface area contributed by atoms with Crippen LogP contribution in [0.3, 0.4) is 0 Å². The minimum atomic E-state index is 0.495. The molecule has 0 saturated carbocycles. The molecule has 3 rings (SSSR count). The van der Waals surface area contributed by atoms with Crippen molar-refractivity contribution in [3.63, 3.8) is 0 Å². The predicted molar refractivity (Wildman–Crippen MR) is 83.2 cm³/mol. The lowest BCUT2D eigenvalue weighted by Crippen LogP contribution is -2.05. The monoisotopic (exact) mass is 319 g/mol. The van der Waals surface area contributed by atoms with Crippen molar-refractivity contribution in [2.75, 3.05) is 5.73 Å². The second kappa shape index (κ2) is 5.71. The molecule has 0 aliphatic carbocycles. The molecule has 0 radical (unpaired) electrons. The third kappa shape index (κ3) is 2.99. The highest BCUT2D eigenvalue weighted by molar-refractivity contribution is 6.31. The molecular formula is C14H11Cl2N5. The molecular weight excluding hydrogens is 309 g/mol. The van der Waals surface area contributed by atoms with Crippen LogP contribution < -0.4 is 5.73 Å². The summed E-state index contributed by atoms with van der Waals surface area (Å²) in [6.45, 7) is 0.495. The molecule has 0 aliphatic heterocycles. The van der Waals surface area contributed by atoms with Crippen LogP contribution in [-0.4, -0.2) is 20.2 Å². The van der Waals surface area contributed by atoms with Crippen molar-refractivity contribution in [2.24, 2.45) is 0 Å². The number of nitrogens with two attached hydrogens (primary N) is 1. The molecule has 5 nitrogen and oxygen atoms in total. The van der Waals surface area contributed by atoms with Crippen LogP contribution in [0.4, 0.5) is 5.69 Å². The van der Waals surface area contributed by atoms with Gasteiger partial charge in [-0.1, -0.05) is 35.3 Å². The number of nitrogen functional groups attached to an aromatic ring is 1. The van der Waals surface area contributed by atoms with Gasteiger partial charge in [-0.3, -0.25) is 0 Å². The van der Waals surface area contributed by atoms with Crippen molar-refractivity contribution in [2.45, 2.75) is 6.54 Å². The number of hydrogen-bond donors (Lipinski definition) is 1. The average molecular weight is 320 g/mol. The van der Waals surface area contributed by atoms with Gasteiger partial charge in [0.25, 0.3) is 0 Å². The van der Waals surface area contributed by atoms with Crippen LogP contribution in [0, 0.1) is 0 Å². The zero-order valence-electron chi connectivity index (χ0n) is 10.9. The lowest BCUT2D eigenvalue weighted by molar-refractivity contribution is 0.653. The predicted octanol–water partition coefficient (Wildman–Crippen LogP) is 3.28. The van der Waals surface area contributed by atoms with E-state index in [2.05, 4.69) is 15.5 Å². The van der Waals surface area contributed by atoms with Gasteiger partial charge in [0.1, 0.15) is 0 Å². The minimum absolute atomic E-state index is 0.495. The van der Waals surface area contributed by atoms with E-state index in [0.29, 0.717) is 33.7 Å².